The van der Waals surface area contributed by atoms with Gasteiger partial charge in [0.1, 0.15) is 11.9 Å². The van der Waals surface area contributed by atoms with Crippen LogP contribution in [0, 0.1) is 0 Å². The van der Waals surface area contributed by atoms with Gasteiger partial charge in [0.25, 0.3) is 0 Å². The summed E-state index contributed by atoms with van der Waals surface area (Å²) in [4.78, 5) is 27.8. The number of rotatable bonds is 4. The number of imidazole rings is 1. The molecule has 0 aliphatic rings. The lowest BCUT2D eigenvalue weighted by molar-refractivity contribution is -0.144. The molecule has 1 heterocycles. The van der Waals surface area contributed by atoms with Crippen LogP contribution in [0.25, 0.3) is 11.0 Å². The van der Waals surface area contributed by atoms with Crippen molar-refractivity contribution in [3.63, 3.8) is 0 Å². The number of esters is 1. The Bertz CT molecular complexity index is 703. The van der Waals surface area contributed by atoms with E-state index in [1.807, 2.05) is 13.8 Å². The van der Waals surface area contributed by atoms with Crippen LogP contribution in [-0.4, -0.2) is 33.7 Å². The molecule has 21 heavy (non-hydrogen) atoms. The lowest BCUT2D eigenvalue weighted by atomic mass is 10.1. The Balaban J connectivity index is 2.83. The third-order valence-electron chi connectivity index (χ3n) is 3.41. The molecule has 1 N–H and O–H groups in total. The fourth-order valence-corrected chi connectivity index (χ4v) is 2.41. The van der Waals surface area contributed by atoms with Crippen molar-refractivity contribution in [1.82, 2.24) is 9.55 Å². The standard InChI is InChI=1S/C15H18N2O4/c1-8(2)13-16-11-7-5-6-10(14(18)19)12(11)17(13)9(3)15(20)21-4/h5-9H,1-4H3,(H,18,19). The second-order valence-electron chi connectivity index (χ2n) is 5.17. The van der Waals surface area contributed by atoms with Gasteiger partial charge in [0.05, 0.1) is 23.7 Å². The average molecular weight is 290 g/mol. The van der Waals surface area contributed by atoms with Crippen molar-refractivity contribution in [2.45, 2.75) is 32.7 Å². The molecule has 0 fully saturated rings. The Kier molecular flexibility index (Phi) is 3.97. The normalized spacial score (nSPS) is 12.6. The predicted octanol–water partition coefficient (Wildman–Crippen LogP) is 2.59. The lowest BCUT2D eigenvalue weighted by Crippen LogP contribution is -2.21. The first-order valence-corrected chi connectivity index (χ1v) is 6.70. The van der Waals surface area contributed by atoms with E-state index in [9.17, 15) is 14.7 Å². The molecule has 2 rings (SSSR count). The number of carboxylic acids is 1. The number of hydrogen-bond acceptors (Lipinski definition) is 4. The first-order valence-electron chi connectivity index (χ1n) is 6.70. The van der Waals surface area contributed by atoms with Gasteiger partial charge < -0.3 is 14.4 Å². The van der Waals surface area contributed by atoms with Crippen molar-refractivity contribution in [2.75, 3.05) is 7.11 Å². The first kappa shape index (κ1) is 15.0. The van der Waals surface area contributed by atoms with E-state index < -0.39 is 18.0 Å². The molecule has 1 unspecified atom stereocenters. The molecular formula is C15H18N2O4. The molecule has 2 aromatic rings. The molecule has 1 aromatic heterocycles. The highest BCUT2D eigenvalue weighted by molar-refractivity contribution is 6.01. The van der Waals surface area contributed by atoms with E-state index in [0.29, 0.717) is 16.9 Å². The smallest absolute Gasteiger partial charge is 0.337 e. The summed E-state index contributed by atoms with van der Waals surface area (Å²) in [6.45, 7) is 5.57. The molecule has 6 heteroatoms. The second-order valence-corrected chi connectivity index (χ2v) is 5.17. The van der Waals surface area contributed by atoms with Gasteiger partial charge in [-0.15, -0.1) is 0 Å². The molecule has 0 saturated carbocycles. The quantitative estimate of drug-likeness (QED) is 0.875. The van der Waals surface area contributed by atoms with Crippen LogP contribution < -0.4 is 0 Å². The van der Waals surface area contributed by atoms with E-state index in [1.54, 1.807) is 23.6 Å². The van der Waals surface area contributed by atoms with Crippen LogP contribution in [0.4, 0.5) is 0 Å². The fraction of sp³-hybridized carbons (Fsp3) is 0.400. The average Bonchev–Trinajstić information content (AvgIpc) is 2.84. The second kappa shape index (κ2) is 5.55. The highest BCUT2D eigenvalue weighted by Crippen LogP contribution is 2.29. The molecule has 0 saturated heterocycles. The van der Waals surface area contributed by atoms with Gasteiger partial charge in [-0.2, -0.15) is 0 Å². The van der Waals surface area contributed by atoms with Gasteiger partial charge in [-0.05, 0) is 19.1 Å². The summed E-state index contributed by atoms with van der Waals surface area (Å²) < 4.78 is 6.45. The summed E-state index contributed by atoms with van der Waals surface area (Å²) in [6, 6.07) is 4.26. The molecule has 1 atom stereocenters. The minimum absolute atomic E-state index is 0.0474. The summed E-state index contributed by atoms with van der Waals surface area (Å²) in [7, 11) is 1.31. The molecule has 0 spiro atoms. The van der Waals surface area contributed by atoms with E-state index in [2.05, 4.69) is 4.98 Å². The van der Waals surface area contributed by atoms with Crippen LogP contribution in [-0.2, 0) is 9.53 Å². The third-order valence-corrected chi connectivity index (χ3v) is 3.41. The minimum atomic E-state index is -1.05. The first-order chi connectivity index (χ1) is 9.88. The Morgan fingerprint density at radius 3 is 2.48 bits per heavy atom. The van der Waals surface area contributed by atoms with Gasteiger partial charge in [0.2, 0.25) is 0 Å². The minimum Gasteiger partial charge on any atom is -0.478 e. The van der Waals surface area contributed by atoms with Crippen molar-refractivity contribution >= 4 is 23.0 Å². The van der Waals surface area contributed by atoms with Crippen molar-refractivity contribution in [3.8, 4) is 0 Å². The van der Waals surface area contributed by atoms with Crippen LogP contribution in [0.2, 0.25) is 0 Å². The van der Waals surface area contributed by atoms with E-state index >= 15 is 0 Å². The predicted molar refractivity (Wildman–Crippen MR) is 77.5 cm³/mol. The number of carbonyl (C=O) groups is 2. The number of ether oxygens (including phenoxy) is 1. The van der Waals surface area contributed by atoms with Crippen LogP contribution >= 0.6 is 0 Å². The summed E-state index contributed by atoms with van der Waals surface area (Å²) >= 11 is 0. The van der Waals surface area contributed by atoms with Crippen molar-refractivity contribution < 1.29 is 19.4 Å². The van der Waals surface area contributed by atoms with Gasteiger partial charge in [-0.1, -0.05) is 19.9 Å². The van der Waals surface area contributed by atoms with Crippen LogP contribution in [0.15, 0.2) is 18.2 Å². The highest BCUT2D eigenvalue weighted by atomic mass is 16.5. The fourth-order valence-electron chi connectivity index (χ4n) is 2.41. The number of fused-ring (bicyclic) bond motifs is 1. The number of hydrogen-bond donors (Lipinski definition) is 1. The maximum Gasteiger partial charge on any atom is 0.337 e. The number of nitrogens with zero attached hydrogens (tertiary/aromatic N) is 2. The third kappa shape index (κ3) is 2.49. The number of methoxy groups -OCH3 is 1. The van der Waals surface area contributed by atoms with Crippen molar-refractivity contribution in [2.24, 2.45) is 0 Å². The van der Waals surface area contributed by atoms with Gasteiger partial charge >= 0.3 is 11.9 Å². The Hall–Kier alpha value is -2.37. The topological polar surface area (TPSA) is 81.4 Å². The Morgan fingerprint density at radius 2 is 1.95 bits per heavy atom. The lowest BCUT2D eigenvalue weighted by Gasteiger charge is -2.17. The monoisotopic (exact) mass is 290 g/mol. The van der Waals surface area contributed by atoms with Crippen LogP contribution in [0.3, 0.4) is 0 Å². The number of aromatic nitrogens is 2. The largest absolute Gasteiger partial charge is 0.478 e. The van der Waals surface area contributed by atoms with Gasteiger partial charge in [0.15, 0.2) is 0 Å². The maximum atomic E-state index is 11.9. The molecule has 1 aromatic carbocycles. The SMILES string of the molecule is COC(=O)C(C)n1c(C(C)C)nc2cccc(C(=O)O)c21. The molecule has 6 nitrogen and oxygen atoms in total. The number of aromatic carboxylic acids is 1. The zero-order chi connectivity index (χ0) is 15.7. The molecule has 0 amide bonds. The molecule has 0 aliphatic heterocycles. The molecule has 0 radical (unpaired) electrons. The molecule has 112 valence electrons. The van der Waals surface area contributed by atoms with E-state index in [1.165, 1.54) is 13.2 Å². The number of benzene rings is 1. The van der Waals surface area contributed by atoms with E-state index in [0.717, 1.165) is 0 Å². The van der Waals surface area contributed by atoms with E-state index in [4.69, 9.17) is 4.74 Å². The summed E-state index contributed by atoms with van der Waals surface area (Å²) in [5.74, 6) is -0.770. The maximum absolute atomic E-state index is 11.9. The zero-order valence-corrected chi connectivity index (χ0v) is 12.5. The van der Waals surface area contributed by atoms with Crippen LogP contribution in [0.5, 0.6) is 0 Å². The summed E-state index contributed by atoms with van der Waals surface area (Å²) in [6.07, 6.45) is 0. The number of para-hydroxylation sites is 1. The molecule has 0 bridgehead atoms. The van der Waals surface area contributed by atoms with Crippen molar-refractivity contribution in [3.05, 3.63) is 29.6 Å². The number of carboxylic acid groups (broad SMARTS) is 1. The molecule has 0 aliphatic carbocycles. The van der Waals surface area contributed by atoms with E-state index in [-0.39, 0.29) is 11.5 Å². The van der Waals surface area contributed by atoms with Gasteiger partial charge in [-0.25, -0.2) is 14.6 Å². The molecular weight excluding hydrogens is 272 g/mol. The van der Waals surface area contributed by atoms with Crippen molar-refractivity contribution in [1.29, 1.82) is 0 Å². The highest BCUT2D eigenvalue weighted by Gasteiger charge is 2.26. The summed E-state index contributed by atoms with van der Waals surface area (Å²) in [5.41, 5.74) is 1.14. The number of carbonyl (C=O) groups excluding carboxylic acids is 1. The zero-order valence-electron chi connectivity index (χ0n) is 12.5. The van der Waals surface area contributed by atoms with Crippen LogP contribution in [0.1, 0.15) is 48.9 Å². The Labute approximate surface area is 122 Å². The summed E-state index contributed by atoms with van der Waals surface area (Å²) in [5, 5.41) is 9.38. The van der Waals surface area contributed by atoms with Gasteiger partial charge in [-0.3, -0.25) is 0 Å². The Morgan fingerprint density at radius 1 is 1.29 bits per heavy atom. The van der Waals surface area contributed by atoms with Gasteiger partial charge in [0, 0.05) is 5.92 Å².